The van der Waals surface area contributed by atoms with Gasteiger partial charge in [-0.3, -0.25) is 9.80 Å². The van der Waals surface area contributed by atoms with Gasteiger partial charge in [0.2, 0.25) is 0 Å². The number of nitrogens with zero attached hydrogens (tertiary/aromatic N) is 4. The third-order valence-corrected chi connectivity index (χ3v) is 4.64. The van der Waals surface area contributed by atoms with Crippen molar-refractivity contribution in [2.24, 2.45) is 0 Å². The molecule has 3 saturated heterocycles. The number of aryl methyl sites for hydroxylation is 2. The number of hydrogen-bond acceptors (Lipinski definition) is 5. The van der Waals surface area contributed by atoms with Crippen molar-refractivity contribution in [1.82, 2.24) is 25.1 Å². The van der Waals surface area contributed by atoms with E-state index >= 15 is 0 Å². The Morgan fingerprint density at radius 1 is 1.10 bits per heavy atom. The molecule has 3 fully saturated rings. The molecule has 1 unspecified atom stereocenters. The molecule has 0 spiro atoms. The molecule has 4 heterocycles. The molecule has 20 heavy (non-hydrogen) atoms. The largest absolute Gasteiger partial charge is 0.319 e. The molecule has 0 amide bonds. The molecule has 0 radical (unpaired) electrons. The third-order valence-electron chi connectivity index (χ3n) is 4.64. The fraction of sp³-hybridized carbons (Fsp3) is 0.733. The van der Waals surface area contributed by atoms with Gasteiger partial charge >= 0.3 is 0 Å². The number of fused-ring (bicyclic) bond motifs is 3. The Balaban J connectivity index is 1.84. The first-order chi connectivity index (χ1) is 9.69. The van der Waals surface area contributed by atoms with Crippen LogP contribution in [0.3, 0.4) is 0 Å². The van der Waals surface area contributed by atoms with Gasteiger partial charge in [-0.2, -0.15) is 0 Å². The molecule has 0 aromatic carbocycles. The lowest BCUT2D eigenvalue weighted by molar-refractivity contribution is 0.00850. The fourth-order valence-electron chi connectivity index (χ4n) is 3.39. The van der Waals surface area contributed by atoms with Crippen LogP contribution in [0.2, 0.25) is 0 Å². The zero-order valence-corrected chi connectivity index (χ0v) is 12.8. The van der Waals surface area contributed by atoms with Crippen LogP contribution in [0.25, 0.3) is 0 Å². The molecular formula is C15H25N5. The smallest absolute Gasteiger partial charge is 0.147 e. The van der Waals surface area contributed by atoms with Crippen LogP contribution >= 0.6 is 0 Å². The van der Waals surface area contributed by atoms with Crippen LogP contribution in [0.4, 0.5) is 0 Å². The van der Waals surface area contributed by atoms with E-state index in [1.165, 1.54) is 18.7 Å². The van der Waals surface area contributed by atoms with Gasteiger partial charge in [0.15, 0.2) is 0 Å². The van der Waals surface area contributed by atoms with Crippen molar-refractivity contribution in [2.75, 3.05) is 46.3 Å². The van der Waals surface area contributed by atoms with Gasteiger partial charge < -0.3 is 5.32 Å². The summed E-state index contributed by atoms with van der Waals surface area (Å²) in [5, 5.41) is 3.20. The van der Waals surface area contributed by atoms with E-state index in [0.29, 0.717) is 6.04 Å². The van der Waals surface area contributed by atoms with E-state index in [1.54, 1.807) is 0 Å². The highest BCUT2D eigenvalue weighted by Gasteiger charge is 2.34. The van der Waals surface area contributed by atoms with Crippen LogP contribution < -0.4 is 5.32 Å². The summed E-state index contributed by atoms with van der Waals surface area (Å²) in [4.78, 5) is 14.7. The summed E-state index contributed by atoms with van der Waals surface area (Å²) in [5.74, 6) is 1.03. The van der Waals surface area contributed by atoms with Gasteiger partial charge in [0.1, 0.15) is 5.82 Å². The predicted molar refractivity (Wildman–Crippen MR) is 79.9 cm³/mol. The molecule has 1 aromatic heterocycles. The number of piperazine rings is 3. The number of likely N-dealkylation sites (N-methyl/N-ethyl adjacent to an activating group) is 1. The van der Waals surface area contributed by atoms with E-state index in [0.717, 1.165) is 49.8 Å². The highest BCUT2D eigenvalue weighted by molar-refractivity contribution is 5.25. The molecular weight excluding hydrogens is 250 g/mol. The highest BCUT2D eigenvalue weighted by Crippen LogP contribution is 2.27. The van der Waals surface area contributed by atoms with Crippen molar-refractivity contribution in [3.63, 3.8) is 0 Å². The maximum Gasteiger partial charge on any atom is 0.147 e. The third kappa shape index (κ3) is 2.57. The molecule has 3 aliphatic heterocycles. The van der Waals surface area contributed by atoms with Gasteiger partial charge in [-0.25, -0.2) is 9.97 Å². The van der Waals surface area contributed by atoms with Crippen LogP contribution in [-0.4, -0.2) is 66.1 Å². The lowest BCUT2D eigenvalue weighted by Gasteiger charge is -2.46. The fourth-order valence-corrected chi connectivity index (χ4v) is 3.39. The average molecular weight is 275 g/mol. The van der Waals surface area contributed by atoms with E-state index in [1.807, 2.05) is 7.05 Å². The second kappa shape index (κ2) is 5.76. The molecule has 1 aromatic rings. The highest BCUT2D eigenvalue weighted by atomic mass is 15.4. The first kappa shape index (κ1) is 13.9. The predicted octanol–water partition coefficient (Wildman–Crippen LogP) is 0.528. The molecule has 1 N–H and O–H groups in total. The minimum Gasteiger partial charge on any atom is -0.319 e. The zero-order chi connectivity index (χ0) is 14.1. The molecule has 0 saturated carbocycles. The second-order valence-electron chi connectivity index (χ2n) is 5.94. The van der Waals surface area contributed by atoms with Crippen LogP contribution in [0.5, 0.6) is 0 Å². The van der Waals surface area contributed by atoms with Gasteiger partial charge in [-0.05, 0) is 39.4 Å². The number of rotatable bonds is 4. The Hall–Kier alpha value is -1.04. The van der Waals surface area contributed by atoms with E-state index in [-0.39, 0.29) is 0 Å². The summed E-state index contributed by atoms with van der Waals surface area (Å²) in [6, 6.07) is 0.397. The Kier molecular flexibility index (Phi) is 4.01. The van der Waals surface area contributed by atoms with Crippen molar-refractivity contribution in [2.45, 2.75) is 26.3 Å². The molecule has 2 bridgehead atoms. The molecule has 5 heteroatoms. The summed E-state index contributed by atoms with van der Waals surface area (Å²) in [5.41, 5.74) is 3.61. The van der Waals surface area contributed by atoms with Gasteiger partial charge in [-0.15, -0.1) is 0 Å². The van der Waals surface area contributed by atoms with Gasteiger partial charge in [0.25, 0.3) is 0 Å². The molecule has 0 aliphatic carbocycles. The summed E-state index contributed by atoms with van der Waals surface area (Å²) < 4.78 is 0. The van der Waals surface area contributed by atoms with E-state index < -0.39 is 0 Å². The molecule has 3 aliphatic rings. The van der Waals surface area contributed by atoms with Crippen molar-refractivity contribution < 1.29 is 0 Å². The maximum atomic E-state index is 4.82. The zero-order valence-electron chi connectivity index (χ0n) is 12.8. The Bertz CT molecular complexity index is 456. The minimum atomic E-state index is 0.397. The second-order valence-corrected chi connectivity index (χ2v) is 5.94. The maximum absolute atomic E-state index is 4.82. The Morgan fingerprint density at radius 3 is 2.25 bits per heavy atom. The van der Waals surface area contributed by atoms with Gasteiger partial charge in [-0.1, -0.05) is 0 Å². The van der Waals surface area contributed by atoms with Crippen molar-refractivity contribution in [3.8, 4) is 0 Å². The minimum absolute atomic E-state index is 0.397. The van der Waals surface area contributed by atoms with Crippen molar-refractivity contribution in [3.05, 3.63) is 22.8 Å². The standard InChI is InChI=1S/C15H25N5/c1-11-13(4-5-16-3)12(2)18-15(17-11)14-10-19-6-8-20(14)9-7-19/h14,16H,4-10H2,1-3H3. The SMILES string of the molecule is CNCCc1c(C)nc(C2CN3CCN2CC3)nc1C. The topological polar surface area (TPSA) is 44.3 Å². The first-order valence-corrected chi connectivity index (χ1v) is 7.64. The Labute approximate surface area is 121 Å². The number of aromatic nitrogens is 2. The normalized spacial score (nSPS) is 28.9. The summed E-state index contributed by atoms with van der Waals surface area (Å²) >= 11 is 0. The quantitative estimate of drug-likeness (QED) is 0.868. The van der Waals surface area contributed by atoms with Crippen LogP contribution in [0, 0.1) is 13.8 Å². The number of nitrogens with one attached hydrogen (secondary N) is 1. The van der Waals surface area contributed by atoms with Crippen LogP contribution in [-0.2, 0) is 6.42 Å². The average Bonchev–Trinajstić information content (AvgIpc) is 2.47. The van der Waals surface area contributed by atoms with Gasteiger partial charge in [0.05, 0.1) is 6.04 Å². The molecule has 110 valence electrons. The number of hydrogen-bond donors (Lipinski definition) is 1. The lowest BCUT2D eigenvalue weighted by atomic mass is 10.0. The first-order valence-electron chi connectivity index (χ1n) is 7.64. The summed E-state index contributed by atoms with van der Waals surface area (Å²) in [6.07, 6.45) is 1.01. The molecule has 1 atom stereocenters. The van der Waals surface area contributed by atoms with Crippen molar-refractivity contribution in [1.29, 1.82) is 0 Å². The van der Waals surface area contributed by atoms with E-state index in [4.69, 9.17) is 9.97 Å². The summed E-state index contributed by atoms with van der Waals surface area (Å²) in [7, 11) is 1.99. The lowest BCUT2D eigenvalue weighted by Crippen LogP contribution is -2.57. The molecule has 5 nitrogen and oxygen atoms in total. The van der Waals surface area contributed by atoms with Crippen LogP contribution in [0.15, 0.2) is 0 Å². The van der Waals surface area contributed by atoms with E-state index in [2.05, 4.69) is 29.0 Å². The van der Waals surface area contributed by atoms with Crippen LogP contribution in [0.1, 0.15) is 28.8 Å². The van der Waals surface area contributed by atoms with E-state index in [9.17, 15) is 0 Å². The van der Waals surface area contributed by atoms with Gasteiger partial charge in [0, 0.05) is 44.1 Å². The van der Waals surface area contributed by atoms with Crippen molar-refractivity contribution >= 4 is 0 Å². The Morgan fingerprint density at radius 2 is 1.75 bits per heavy atom. The summed E-state index contributed by atoms with van der Waals surface area (Å²) in [6.45, 7) is 11.0. The monoisotopic (exact) mass is 275 g/mol. The molecule has 4 rings (SSSR count).